The Hall–Kier alpha value is -1.59. The van der Waals surface area contributed by atoms with Crippen LogP contribution in [-0.4, -0.2) is 6.36 Å². The van der Waals surface area contributed by atoms with E-state index in [-0.39, 0.29) is 0 Å². The molecule has 2 saturated carbocycles. The molecule has 0 aliphatic heterocycles. The van der Waals surface area contributed by atoms with E-state index >= 15 is 0 Å². The first-order valence-electron chi connectivity index (χ1n) is 12.2. The zero-order valence-corrected chi connectivity index (χ0v) is 18.9. The molecule has 0 radical (unpaired) electrons. The number of halogens is 5. The molecule has 0 unspecified atom stereocenters. The molecule has 1 aromatic carbocycles. The van der Waals surface area contributed by atoms with Crippen molar-refractivity contribution < 1.29 is 26.7 Å². The fourth-order valence-electron chi connectivity index (χ4n) is 5.55. The quantitative estimate of drug-likeness (QED) is 0.279. The number of benzene rings is 1. The van der Waals surface area contributed by atoms with Crippen molar-refractivity contribution in [2.24, 2.45) is 23.7 Å². The van der Waals surface area contributed by atoms with Crippen LogP contribution in [-0.2, 0) is 6.42 Å². The van der Waals surface area contributed by atoms with Gasteiger partial charge < -0.3 is 4.74 Å². The van der Waals surface area contributed by atoms with E-state index in [9.17, 15) is 22.0 Å². The second-order valence-electron chi connectivity index (χ2n) is 9.65. The molecule has 6 heteroatoms. The van der Waals surface area contributed by atoms with Gasteiger partial charge in [-0.1, -0.05) is 38.3 Å². The number of aryl methyl sites for hydroxylation is 1. The van der Waals surface area contributed by atoms with Gasteiger partial charge in [0.25, 0.3) is 0 Å². The Balaban J connectivity index is 1.41. The third-order valence-corrected chi connectivity index (χ3v) is 7.36. The van der Waals surface area contributed by atoms with Gasteiger partial charge >= 0.3 is 6.36 Å². The molecule has 0 aromatic heterocycles. The molecule has 1 nitrogen and oxygen atoms in total. The highest BCUT2D eigenvalue weighted by molar-refractivity contribution is 5.31. The number of ether oxygens (including phenoxy) is 1. The highest BCUT2D eigenvalue weighted by Crippen LogP contribution is 2.42. The highest BCUT2D eigenvalue weighted by Gasteiger charge is 2.34. The lowest BCUT2D eigenvalue weighted by Crippen LogP contribution is -2.25. The topological polar surface area (TPSA) is 9.23 Å². The average Bonchev–Trinajstić information content (AvgIpc) is 2.75. The van der Waals surface area contributed by atoms with Crippen LogP contribution >= 0.6 is 0 Å². The Kier molecular flexibility index (Phi) is 9.01. The minimum Gasteiger partial charge on any atom is -0.399 e. The lowest BCUT2D eigenvalue weighted by molar-refractivity contribution is -0.276. The Labute approximate surface area is 188 Å². The lowest BCUT2D eigenvalue weighted by Gasteiger charge is -2.37. The summed E-state index contributed by atoms with van der Waals surface area (Å²) in [5.41, 5.74) is 0.381. The number of rotatable bonds is 8. The third-order valence-electron chi connectivity index (χ3n) is 7.36. The van der Waals surface area contributed by atoms with Crippen molar-refractivity contribution >= 4 is 0 Å². The smallest absolute Gasteiger partial charge is 0.399 e. The second-order valence-corrected chi connectivity index (χ2v) is 9.65. The van der Waals surface area contributed by atoms with E-state index in [0.717, 1.165) is 49.1 Å². The van der Waals surface area contributed by atoms with Crippen LogP contribution in [0.3, 0.4) is 0 Å². The van der Waals surface area contributed by atoms with Gasteiger partial charge in [0.05, 0.1) is 0 Å². The van der Waals surface area contributed by atoms with Crippen molar-refractivity contribution in [1.82, 2.24) is 0 Å². The summed E-state index contributed by atoms with van der Waals surface area (Å²) in [5, 5.41) is 0. The fourth-order valence-corrected chi connectivity index (χ4v) is 5.55. The van der Waals surface area contributed by atoms with E-state index in [1.54, 1.807) is 0 Å². The van der Waals surface area contributed by atoms with E-state index in [2.05, 4.69) is 23.8 Å². The van der Waals surface area contributed by atoms with Gasteiger partial charge in [-0.2, -0.15) is 0 Å². The van der Waals surface area contributed by atoms with Crippen LogP contribution in [0, 0.1) is 35.3 Å². The van der Waals surface area contributed by atoms with Crippen molar-refractivity contribution in [2.45, 2.75) is 90.3 Å². The molecule has 0 atom stereocenters. The third kappa shape index (κ3) is 7.48. The first-order valence-corrected chi connectivity index (χ1v) is 12.2. The Morgan fingerprint density at radius 2 is 1.47 bits per heavy atom. The van der Waals surface area contributed by atoms with E-state index in [0.29, 0.717) is 17.9 Å². The molecular formula is C26H35F5O. The summed E-state index contributed by atoms with van der Waals surface area (Å²) in [7, 11) is 0. The number of unbranched alkanes of at least 4 members (excludes halogenated alkanes) is 1. The molecule has 0 heterocycles. The zero-order valence-electron chi connectivity index (χ0n) is 18.9. The molecule has 32 heavy (non-hydrogen) atoms. The maximum Gasteiger partial charge on any atom is 0.573 e. The molecule has 0 amide bonds. The van der Waals surface area contributed by atoms with Gasteiger partial charge in [0.2, 0.25) is 5.75 Å². The van der Waals surface area contributed by atoms with Gasteiger partial charge in [0, 0.05) is 0 Å². The summed E-state index contributed by atoms with van der Waals surface area (Å²) < 4.78 is 68.1. The van der Waals surface area contributed by atoms with Gasteiger partial charge in [-0.3, -0.25) is 0 Å². The second kappa shape index (κ2) is 11.5. The van der Waals surface area contributed by atoms with Gasteiger partial charge in [-0.15, -0.1) is 13.2 Å². The molecule has 0 saturated heterocycles. The van der Waals surface area contributed by atoms with Crippen LogP contribution < -0.4 is 4.74 Å². The van der Waals surface area contributed by atoms with Crippen molar-refractivity contribution in [3.63, 3.8) is 0 Å². The number of hydrogen-bond donors (Lipinski definition) is 0. The van der Waals surface area contributed by atoms with Crippen LogP contribution in [0.4, 0.5) is 22.0 Å². The molecule has 0 bridgehead atoms. The first-order chi connectivity index (χ1) is 15.2. The Morgan fingerprint density at radius 1 is 0.906 bits per heavy atom. The van der Waals surface area contributed by atoms with Gasteiger partial charge in [0.1, 0.15) is 0 Å². The maximum absolute atomic E-state index is 13.9. The molecule has 1 aromatic rings. The van der Waals surface area contributed by atoms with Crippen LogP contribution in [0.1, 0.15) is 83.1 Å². The van der Waals surface area contributed by atoms with Crippen molar-refractivity contribution in [3.05, 3.63) is 41.5 Å². The van der Waals surface area contributed by atoms with Gasteiger partial charge in [-0.05, 0) is 99.2 Å². The molecule has 2 aliphatic rings. The monoisotopic (exact) mass is 458 g/mol. The summed E-state index contributed by atoms with van der Waals surface area (Å²) in [6.07, 6.45) is 13.2. The van der Waals surface area contributed by atoms with Crippen molar-refractivity contribution in [3.8, 4) is 5.75 Å². The molecule has 2 aliphatic carbocycles. The zero-order chi connectivity index (χ0) is 23.1. The minimum absolute atomic E-state index is 0.381. The standard InChI is InChI=1S/C26H35F5O/c1-2-3-4-5-18-8-12-21(13-9-18)22-14-10-19(11-15-22)6-7-20-16-23(27)25(24(28)17-20)32-26(29,30)31/h4-5,16-19,21-22H,2-3,6-15H2,1H3/b5-4+/t18-,19-,21-,22-. The van der Waals surface area contributed by atoms with Crippen molar-refractivity contribution in [2.75, 3.05) is 0 Å². The van der Waals surface area contributed by atoms with E-state index in [1.165, 1.54) is 51.4 Å². The Morgan fingerprint density at radius 3 is 2.00 bits per heavy atom. The number of allylic oxidation sites excluding steroid dienone is 2. The highest BCUT2D eigenvalue weighted by atomic mass is 19.4. The van der Waals surface area contributed by atoms with Crippen molar-refractivity contribution in [1.29, 1.82) is 0 Å². The number of alkyl halides is 3. The van der Waals surface area contributed by atoms with Crippen LogP contribution in [0.15, 0.2) is 24.3 Å². The summed E-state index contributed by atoms with van der Waals surface area (Å²) >= 11 is 0. The fraction of sp³-hybridized carbons (Fsp3) is 0.692. The molecule has 180 valence electrons. The largest absolute Gasteiger partial charge is 0.573 e. The van der Waals surface area contributed by atoms with E-state index in [4.69, 9.17) is 0 Å². The molecule has 2 fully saturated rings. The first kappa shape index (κ1) is 25.0. The predicted molar refractivity (Wildman–Crippen MR) is 116 cm³/mol. The maximum atomic E-state index is 13.9. The molecule has 3 rings (SSSR count). The summed E-state index contributed by atoms with van der Waals surface area (Å²) in [6.45, 7) is 2.21. The molecule has 0 N–H and O–H groups in total. The average molecular weight is 459 g/mol. The number of hydrogen-bond acceptors (Lipinski definition) is 1. The molecule has 0 spiro atoms. The molecular weight excluding hydrogens is 423 g/mol. The summed E-state index contributed by atoms with van der Waals surface area (Å²) in [6, 6.07) is 1.92. The SMILES string of the molecule is CCC/C=C/[C@H]1CC[C@H]([C@H]2CC[C@H](CCc3cc(F)c(OC(F)(F)F)c(F)c3)CC2)CC1. The van der Waals surface area contributed by atoms with Gasteiger partial charge in [0.15, 0.2) is 11.6 Å². The van der Waals surface area contributed by atoms with E-state index in [1.807, 2.05) is 0 Å². The predicted octanol–water partition coefficient (Wildman–Crippen LogP) is 8.77. The van der Waals surface area contributed by atoms with Crippen LogP contribution in [0.5, 0.6) is 5.75 Å². The summed E-state index contributed by atoms with van der Waals surface area (Å²) in [4.78, 5) is 0. The lowest BCUT2D eigenvalue weighted by atomic mass is 9.68. The Bertz CT molecular complexity index is 718. The van der Waals surface area contributed by atoms with Crippen LogP contribution in [0.25, 0.3) is 0 Å². The van der Waals surface area contributed by atoms with Crippen LogP contribution in [0.2, 0.25) is 0 Å². The van der Waals surface area contributed by atoms with Gasteiger partial charge in [-0.25, -0.2) is 8.78 Å². The minimum atomic E-state index is -5.12. The van der Waals surface area contributed by atoms with E-state index < -0.39 is 23.7 Å². The normalized spacial score (nSPS) is 27.1. The summed E-state index contributed by atoms with van der Waals surface area (Å²) in [5.74, 6) is -1.10.